The number of para-hydroxylation sites is 1. The summed E-state index contributed by atoms with van der Waals surface area (Å²) in [6, 6.07) is 22.1. The molecule has 0 atom stereocenters. The van der Waals surface area contributed by atoms with E-state index in [1.165, 1.54) is 0 Å². The van der Waals surface area contributed by atoms with E-state index < -0.39 is 0 Å². The topological polar surface area (TPSA) is 28.8 Å². The van der Waals surface area contributed by atoms with Crippen molar-refractivity contribution in [2.24, 2.45) is 7.05 Å². The van der Waals surface area contributed by atoms with Crippen molar-refractivity contribution >= 4 is 45.0 Å². The number of fused-ring (bicyclic) bond motifs is 2. The lowest BCUT2D eigenvalue weighted by molar-refractivity contribution is -0.617. The minimum atomic E-state index is 0.716. The fourth-order valence-corrected chi connectivity index (χ4v) is 2.94. The number of rotatable bonds is 2. The molecule has 0 radical (unpaired) electrons. The highest BCUT2D eigenvalue weighted by Crippen LogP contribution is 2.22. The largest absolute Gasteiger partial charge is 0.355 e. The van der Waals surface area contributed by atoms with Gasteiger partial charge >= 0.3 is 0 Å². The molecule has 4 heteroatoms. The van der Waals surface area contributed by atoms with Crippen LogP contribution in [-0.4, -0.2) is 4.98 Å². The number of halogens is 1. The Balaban J connectivity index is 1.87. The molecule has 1 N–H and O–H groups in total. The summed E-state index contributed by atoms with van der Waals surface area (Å²) >= 11 is 6.13. The van der Waals surface area contributed by atoms with Gasteiger partial charge in [-0.2, -0.15) is 4.57 Å². The molecule has 0 saturated heterocycles. The van der Waals surface area contributed by atoms with Crippen molar-refractivity contribution in [2.75, 3.05) is 5.32 Å². The van der Waals surface area contributed by atoms with Crippen LogP contribution in [0.1, 0.15) is 0 Å². The molecule has 3 aromatic carbocycles. The second-order valence-corrected chi connectivity index (χ2v) is 5.93. The molecule has 112 valence electrons. The molecule has 0 amide bonds. The molecule has 0 fully saturated rings. The van der Waals surface area contributed by atoms with E-state index in [-0.39, 0.29) is 0 Å². The number of hydrogen-bond acceptors (Lipinski definition) is 2. The molecular formula is C19H15ClN3+. The second-order valence-electron chi connectivity index (χ2n) is 5.50. The van der Waals surface area contributed by atoms with E-state index in [1.807, 2.05) is 67.7 Å². The predicted octanol–water partition coefficient (Wildman–Crippen LogP) is 4.61. The second kappa shape index (κ2) is 5.52. The van der Waals surface area contributed by atoms with Crippen LogP contribution in [0.2, 0.25) is 5.02 Å². The summed E-state index contributed by atoms with van der Waals surface area (Å²) in [4.78, 5) is 4.72. The van der Waals surface area contributed by atoms with E-state index in [0.29, 0.717) is 5.02 Å². The fraction of sp³-hybridized carbons (Fsp3) is 0.0526. The van der Waals surface area contributed by atoms with Gasteiger partial charge < -0.3 is 5.32 Å². The Kier molecular flexibility index (Phi) is 3.36. The number of anilines is 2. The molecule has 1 aromatic heterocycles. The van der Waals surface area contributed by atoms with E-state index >= 15 is 0 Å². The Hall–Kier alpha value is -2.65. The van der Waals surface area contributed by atoms with E-state index in [2.05, 4.69) is 16.0 Å². The van der Waals surface area contributed by atoms with Gasteiger partial charge in [0.2, 0.25) is 11.0 Å². The number of benzene rings is 3. The maximum atomic E-state index is 6.13. The number of nitrogens with one attached hydrogen (secondary N) is 1. The molecule has 0 bridgehead atoms. The zero-order chi connectivity index (χ0) is 15.8. The van der Waals surface area contributed by atoms with Crippen LogP contribution in [0.3, 0.4) is 0 Å². The Bertz CT molecular complexity index is 1010. The molecule has 0 unspecified atom stereocenters. The Morgan fingerprint density at radius 1 is 0.826 bits per heavy atom. The van der Waals surface area contributed by atoms with Crippen LogP contribution in [0.15, 0.2) is 66.7 Å². The maximum absolute atomic E-state index is 6.13. The highest BCUT2D eigenvalue weighted by Gasteiger charge is 2.14. The first-order valence-corrected chi connectivity index (χ1v) is 7.80. The number of hydrogen-bond donors (Lipinski definition) is 1. The number of aromatic nitrogens is 2. The van der Waals surface area contributed by atoms with E-state index in [1.54, 1.807) is 0 Å². The van der Waals surface area contributed by atoms with Crippen LogP contribution in [0.5, 0.6) is 0 Å². The smallest absolute Gasteiger partial charge is 0.233 e. The summed E-state index contributed by atoms with van der Waals surface area (Å²) in [6.07, 6.45) is 0. The quantitative estimate of drug-likeness (QED) is 0.431. The summed E-state index contributed by atoms with van der Waals surface area (Å²) in [5, 5.41) is 4.13. The van der Waals surface area contributed by atoms with E-state index in [9.17, 15) is 0 Å². The van der Waals surface area contributed by atoms with Crippen LogP contribution < -0.4 is 9.88 Å². The minimum absolute atomic E-state index is 0.716. The molecule has 1 heterocycles. The minimum Gasteiger partial charge on any atom is -0.355 e. The molecule has 0 aliphatic rings. The monoisotopic (exact) mass is 320 g/mol. The van der Waals surface area contributed by atoms with Crippen molar-refractivity contribution in [1.29, 1.82) is 0 Å². The highest BCUT2D eigenvalue weighted by molar-refractivity contribution is 6.31. The fourth-order valence-electron chi connectivity index (χ4n) is 2.77. The van der Waals surface area contributed by atoms with Gasteiger partial charge in [0.25, 0.3) is 0 Å². The molecular weight excluding hydrogens is 306 g/mol. The lowest BCUT2D eigenvalue weighted by atomic mass is 10.2. The standard InChI is InChI=1S/C19H14ClN3/c1-23-18-11-13(20)7-9-16(18)22-17-10-8-15(12-19(17)23)21-14-5-3-2-4-6-14/h2-12H,1H3/p+1. The normalized spacial score (nSPS) is 11.0. The number of nitrogens with zero attached hydrogens (tertiary/aromatic N) is 2. The first-order valence-electron chi connectivity index (χ1n) is 7.42. The van der Waals surface area contributed by atoms with Crippen molar-refractivity contribution in [3.63, 3.8) is 0 Å². The van der Waals surface area contributed by atoms with E-state index in [4.69, 9.17) is 16.6 Å². The van der Waals surface area contributed by atoms with Crippen LogP contribution in [0.25, 0.3) is 22.1 Å². The number of aryl methyl sites for hydroxylation is 1. The van der Waals surface area contributed by atoms with Crippen LogP contribution in [0.4, 0.5) is 11.4 Å². The van der Waals surface area contributed by atoms with Gasteiger partial charge in [0.1, 0.15) is 18.1 Å². The lowest BCUT2D eigenvalue weighted by Crippen LogP contribution is -2.30. The zero-order valence-corrected chi connectivity index (χ0v) is 13.4. The van der Waals surface area contributed by atoms with Crippen LogP contribution in [0, 0.1) is 0 Å². The molecule has 3 nitrogen and oxygen atoms in total. The van der Waals surface area contributed by atoms with E-state index in [0.717, 1.165) is 33.4 Å². The van der Waals surface area contributed by atoms with Gasteiger partial charge in [0.05, 0.1) is 0 Å². The third-order valence-electron chi connectivity index (χ3n) is 3.94. The molecule has 23 heavy (non-hydrogen) atoms. The summed E-state index contributed by atoms with van der Waals surface area (Å²) in [5.74, 6) is 0. The predicted molar refractivity (Wildman–Crippen MR) is 95.2 cm³/mol. The molecule has 0 aliphatic heterocycles. The Labute approximate surface area is 139 Å². The molecule has 4 aromatic rings. The lowest BCUT2D eigenvalue weighted by Gasteiger charge is -2.07. The van der Waals surface area contributed by atoms with Crippen molar-refractivity contribution in [3.05, 3.63) is 71.8 Å². The zero-order valence-electron chi connectivity index (χ0n) is 12.6. The molecule has 0 spiro atoms. The van der Waals surface area contributed by atoms with Crippen LogP contribution in [-0.2, 0) is 7.05 Å². The Morgan fingerprint density at radius 3 is 2.30 bits per heavy atom. The average Bonchev–Trinajstić information content (AvgIpc) is 2.57. The van der Waals surface area contributed by atoms with Crippen LogP contribution >= 0.6 is 11.6 Å². The average molecular weight is 321 g/mol. The van der Waals surface area contributed by atoms with Crippen molar-refractivity contribution in [1.82, 2.24) is 4.98 Å². The third-order valence-corrected chi connectivity index (χ3v) is 4.17. The summed E-state index contributed by atoms with van der Waals surface area (Å²) in [6.45, 7) is 0. The summed E-state index contributed by atoms with van der Waals surface area (Å²) in [7, 11) is 2.04. The molecule has 4 rings (SSSR count). The Morgan fingerprint density at radius 2 is 1.52 bits per heavy atom. The SMILES string of the molecule is C[n+]1c2cc(Cl)ccc2nc2ccc(Nc3ccccc3)cc21. The maximum Gasteiger partial charge on any atom is 0.233 e. The van der Waals surface area contributed by atoms with Gasteiger partial charge in [-0.15, -0.1) is 0 Å². The summed E-state index contributed by atoms with van der Waals surface area (Å²) in [5.41, 5.74) is 6.06. The van der Waals surface area contributed by atoms with Gasteiger partial charge in [-0.1, -0.05) is 29.8 Å². The first-order chi connectivity index (χ1) is 11.2. The van der Waals surface area contributed by atoms with Gasteiger partial charge in [0.15, 0.2) is 0 Å². The summed E-state index contributed by atoms with van der Waals surface area (Å²) < 4.78 is 2.12. The van der Waals surface area contributed by atoms with Gasteiger partial charge in [-0.3, -0.25) is 0 Å². The molecule has 0 aliphatic carbocycles. The van der Waals surface area contributed by atoms with Crippen molar-refractivity contribution in [2.45, 2.75) is 0 Å². The van der Waals surface area contributed by atoms with Crippen molar-refractivity contribution < 1.29 is 4.57 Å². The van der Waals surface area contributed by atoms with Gasteiger partial charge in [-0.25, -0.2) is 4.98 Å². The van der Waals surface area contributed by atoms with Gasteiger partial charge in [0, 0.05) is 28.5 Å². The first kappa shape index (κ1) is 14.0. The van der Waals surface area contributed by atoms with Crippen molar-refractivity contribution in [3.8, 4) is 0 Å². The third kappa shape index (κ3) is 2.60. The highest BCUT2D eigenvalue weighted by atomic mass is 35.5. The van der Waals surface area contributed by atoms with Gasteiger partial charge in [-0.05, 0) is 36.4 Å². The molecule has 0 saturated carbocycles.